The monoisotopic (exact) mass is 358 g/mol. The molecular formula is C19H22N2O3S. The molecule has 5 nitrogen and oxygen atoms in total. The normalized spacial score (nSPS) is 18.4. The fourth-order valence-electron chi connectivity index (χ4n) is 3.00. The van der Waals surface area contributed by atoms with E-state index in [1.165, 1.54) is 4.88 Å². The summed E-state index contributed by atoms with van der Waals surface area (Å²) >= 11 is 1.66. The first-order valence-corrected chi connectivity index (χ1v) is 9.12. The van der Waals surface area contributed by atoms with Crippen molar-refractivity contribution in [2.24, 2.45) is 5.92 Å². The van der Waals surface area contributed by atoms with E-state index >= 15 is 0 Å². The molecule has 132 valence electrons. The average molecular weight is 358 g/mol. The molecule has 1 saturated heterocycles. The number of aryl methyl sites for hydroxylation is 1. The number of rotatable bonds is 6. The standard InChI is InChI=1S/C19H22N2O3S/c1-13-8-9-17(25-13)16(24-2)11-20-19(23)14-10-18(22)21(12-14)15-6-4-3-5-7-15/h3-9,14,16H,10-12H2,1-2H3,(H,20,23)/t14-,16-/m0/s1. The molecular weight excluding hydrogens is 336 g/mol. The largest absolute Gasteiger partial charge is 0.374 e. The van der Waals surface area contributed by atoms with Gasteiger partial charge in [0.05, 0.1) is 5.92 Å². The number of hydrogen-bond donors (Lipinski definition) is 1. The Morgan fingerprint density at radius 1 is 1.32 bits per heavy atom. The van der Waals surface area contributed by atoms with Crippen LogP contribution in [0.2, 0.25) is 0 Å². The molecule has 25 heavy (non-hydrogen) atoms. The minimum absolute atomic E-state index is 0.0106. The summed E-state index contributed by atoms with van der Waals surface area (Å²) in [7, 11) is 1.64. The molecule has 6 heteroatoms. The number of thiophene rings is 1. The number of carbonyl (C=O) groups is 2. The van der Waals surface area contributed by atoms with Crippen molar-refractivity contribution in [1.29, 1.82) is 0 Å². The molecule has 1 N–H and O–H groups in total. The lowest BCUT2D eigenvalue weighted by Gasteiger charge is -2.18. The van der Waals surface area contributed by atoms with Crippen molar-refractivity contribution < 1.29 is 14.3 Å². The lowest BCUT2D eigenvalue weighted by atomic mass is 10.1. The zero-order valence-corrected chi connectivity index (χ0v) is 15.2. The number of hydrogen-bond acceptors (Lipinski definition) is 4. The van der Waals surface area contributed by atoms with Gasteiger partial charge in [0.25, 0.3) is 0 Å². The number of para-hydroxylation sites is 1. The first kappa shape index (κ1) is 17.6. The highest BCUT2D eigenvalue weighted by molar-refractivity contribution is 7.12. The Labute approximate surface area is 151 Å². The third-order valence-electron chi connectivity index (χ3n) is 4.39. The van der Waals surface area contributed by atoms with Crippen LogP contribution >= 0.6 is 11.3 Å². The van der Waals surface area contributed by atoms with Gasteiger partial charge in [-0.2, -0.15) is 0 Å². The number of methoxy groups -OCH3 is 1. The zero-order chi connectivity index (χ0) is 17.8. The molecule has 0 radical (unpaired) electrons. The van der Waals surface area contributed by atoms with Crippen LogP contribution in [0.3, 0.4) is 0 Å². The number of nitrogens with one attached hydrogen (secondary N) is 1. The van der Waals surface area contributed by atoms with Gasteiger partial charge in [-0.05, 0) is 31.2 Å². The molecule has 2 amide bonds. The van der Waals surface area contributed by atoms with Crippen LogP contribution in [0.1, 0.15) is 22.3 Å². The average Bonchev–Trinajstić information content (AvgIpc) is 3.22. The molecule has 2 atom stereocenters. The molecule has 0 aliphatic carbocycles. The quantitative estimate of drug-likeness (QED) is 0.864. The summed E-state index contributed by atoms with van der Waals surface area (Å²) in [6.45, 7) is 2.87. The van der Waals surface area contributed by atoms with E-state index in [1.807, 2.05) is 49.4 Å². The molecule has 0 spiro atoms. The summed E-state index contributed by atoms with van der Waals surface area (Å²) in [5, 5.41) is 2.94. The summed E-state index contributed by atoms with van der Waals surface area (Å²) in [4.78, 5) is 28.7. The van der Waals surface area contributed by atoms with Crippen LogP contribution < -0.4 is 10.2 Å². The Kier molecular flexibility index (Phi) is 5.50. The Morgan fingerprint density at radius 3 is 2.72 bits per heavy atom. The van der Waals surface area contributed by atoms with Gasteiger partial charge in [-0.1, -0.05) is 18.2 Å². The second kappa shape index (κ2) is 7.80. The van der Waals surface area contributed by atoms with Crippen molar-refractivity contribution in [3.05, 3.63) is 52.2 Å². The minimum atomic E-state index is -0.324. The fraction of sp³-hybridized carbons (Fsp3) is 0.368. The van der Waals surface area contributed by atoms with E-state index in [9.17, 15) is 9.59 Å². The van der Waals surface area contributed by atoms with Crippen LogP contribution in [-0.2, 0) is 14.3 Å². The molecule has 0 bridgehead atoms. The highest BCUT2D eigenvalue weighted by Gasteiger charge is 2.35. The van der Waals surface area contributed by atoms with Crippen molar-refractivity contribution in [3.63, 3.8) is 0 Å². The first-order chi connectivity index (χ1) is 12.1. The first-order valence-electron chi connectivity index (χ1n) is 8.30. The molecule has 1 aliphatic rings. The minimum Gasteiger partial charge on any atom is -0.374 e. The number of carbonyl (C=O) groups excluding carboxylic acids is 2. The lowest BCUT2D eigenvalue weighted by Crippen LogP contribution is -2.35. The van der Waals surface area contributed by atoms with E-state index in [4.69, 9.17) is 4.74 Å². The zero-order valence-electron chi connectivity index (χ0n) is 14.4. The van der Waals surface area contributed by atoms with Crippen LogP contribution in [0.4, 0.5) is 5.69 Å². The van der Waals surface area contributed by atoms with Crippen molar-refractivity contribution in [1.82, 2.24) is 5.32 Å². The second-order valence-corrected chi connectivity index (χ2v) is 7.48. The number of ether oxygens (including phenoxy) is 1. The van der Waals surface area contributed by atoms with Gasteiger partial charge < -0.3 is 15.0 Å². The highest BCUT2D eigenvalue weighted by Crippen LogP contribution is 2.26. The van der Waals surface area contributed by atoms with E-state index in [-0.39, 0.29) is 30.3 Å². The number of benzene rings is 1. The van der Waals surface area contributed by atoms with Gasteiger partial charge in [0.15, 0.2) is 0 Å². The van der Waals surface area contributed by atoms with E-state index in [1.54, 1.807) is 23.3 Å². The van der Waals surface area contributed by atoms with Gasteiger partial charge in [-0.25, -0.2) is 0 Å². The Morgan fingerprint density at radius 2 is 2.08 bits per heavy atom. The van der Waals surface area contributed by atoms with Crippen LogP contribution in [-0.4, -0.2) is 32.0 Å². The topological polar surface area (TPSA) is 58.6 Å². The van der Waals surface area contributed by atoms with Gasteiger partial charge >= 0.3 is 0 Å². The number of amides is 2. The Hall–Kier alpha value is -2.18. The molecule has 1 aliphatic heterocycles. The Bertz CT molecular complexity index is 744. The third-order valence-corrected chi connectivity index (χ3v) is 5.48. The fourth-order valence-corrected chi connectivity index (χ4v) is 3.96. The molecule has 1 fully saturated rings. The van der Waals surface area contributed by atoms with Gasteiger partial charge in [0.2, 0.25) is 11.8 Å². The van der Waals surface area contributed by atoms with E-state index in [0.717, 1.165) is 10.6 Å². The summed E-state index contributed by atoms with van der Waals surface area (Å²) < 4.78 is 5.49. The maximum Gasteiger partial charge on any atom is 0.227 e. The molecule has 0 saturated carbocycles. The van der Waals surface area contributed by atoms with Gasteiger partial charge in [0.1, 0.15) is 6.10 Å². The smallest absolute Gasteiger partial charge is 0.227 e. The molecule has 1 aromatic carbocycles. The molecule has 3 rings (SSSR count). The summed E-state index contributed by atoms with van der Waals surface area (Å²) in [5.41, 5.74) is 0.839. The van der Waals surface area contributed by atoms with Crippen LogP contribution in [0.15, 0.2) is 42.5 Å². The maximum atomic E-state index is 12.5. The van der Waals surface area contributed by atoms with Crippen LogP contribution in [0.5, 0.6) is 0 Å². The Balaban J connectivity index is 1.57. The summed E-state index contributed by atoms with van der Waals surface area (Å²) in [5.74, 6) is -0.430. The lowest BCUT2D eigenvalue weighted by molar-refractivity contribution is -0.126. The van der Waals surface area contributed by atoms with Gasteiger partial charge in [-0.3, -0.25) is 9.59 Å². The van der Waals surface area contributed by atoms with E-state index in [2.05, 4.69) is 5.32 Å². The summed E-state index contributed by atoms with van der Waals surface area (Å²) in [6, 6.07) is 13.5. The highest BCUT2D eigenvalue weighted by atomic mass is 32.1. The van der Waals surface area contributed by atoms with Gasteiger partial charge in [-0.15, -0.1) is 11.3 Å². The molecule has 2 aromatic rings. The molecule has 0 unspecified atom stereocenters. The van der Waals surface area contributed by atoms with Gasteiger partial charge in [0, 0.05) is 42.1 Å². The molecule has 1 aromatic heterocycles. The van der Waals surface area contributed by atoms with Crippen molar-refractivity contribution in [3.8, 4) is 0 Å². The predicted octanol–water partition coefficient (Wildman–Crippen LogP) is 2.91. The summed E-state index contributed by atoms with van der Waals surface area (Å²) in [6.07, 6.45) is 0.0845. The number of nitrogens with zero attached hydrogens (tertiary/aromatic N) is 1. The van der Waals surface area contributed by atoms with Crippen molar-refractivity contribution in [2.45, 2.75) is 19.4 Å². The van der Waals surface area contributed by atoms with Crippen molar-refractivity contribution >= 4 is 28.8 Å². The van der Waals surface area contributed by atoms with Crippen LogP contribution in [0.25, 0.3) is 0 Å². The molecule has 2 heterocycles. The van der Waals surface area contributed by atoms with E-state index < -0.39 is 0 Å². The number of anilines is 1. The van der Waals surface area contributed by atoms with Crippen molar-refractivity contribution in [2.75, 3.05) is 25.1 Å². The predicted molar refractivity (Wildman–Crippen MR) is 98.7 cm³/mol. The maximum absolute atomic E-state index is 12.5. The third kappa shape index (κ3) is 4.08. The second-order valence-electron chi connectivity index (χ2n) is 6.16. The van der Waals surface area contributed by atoms with Crippen LogP contribution in [0, 0.1) is 12.8 Å². The van der Waals surface area contributed by atoms with E-state index in [0.29, 0.717) is 13.1 Å². The SMILES string of the molecule is CO[C@@H](CNC(=O)[C@H]1CC(=O)N(c2ccccc2)C1)c1ccc(C)s1.